The molecule has 0 spiro atoms. The van der Waals surface area contributed by atoms with E-state index in [1.54, 1.807) is 4.90 Å². The molecule has 1 amide bonds. The summed E-state index contributed by atoms with van der Waals surface area (Å²) in [6, 6.07) is 11.7. The van der Waals surface area contributed by atoms with Crippen molar-refractivity contribution < 1.29 is 17.9 Å². The van der Waals surface area contributed by atoms with Crippen molar-refractivity contribution in [2.45, 2.75) is 17.9 Å². The van der Waals surface area contributed by atoms with Gasteiger partial charge in [-0.05, 0) is 24.3 Å². The van der Waals surface area contributed by atoms with Crippen LogP contribution in [0.4, 0.5) is 0 Å². The zero-order chi connectivity index (χ0) is 23.0. The molecule has 4 rings (SSSR count). The third-order valence-electron chi connectivity index (χ3n) is 5.71. The lowest BCUT2D eigenvalue weighted by atomic mass is 10.2. The zero-order valence-corrected chi connectivity index (χ0v) is 18.6. The van der Waals surface area contributed by atoms with Crippen molar-refractivity contribution >= 4 is 26.8 Å². The fraction of sp³-hybridized carbons (Fsp3) is 0.318. The van der Waals surface area contributed by atoms with Crippen LogP contribution in [0.3, 0.4) is 0 Å². The van der Waals surface area contributed by atoms with Crippen LogP contribution in [0.5, 0.6) is 5.75 Å². The van der Waals surface area contributed by atoms with Crippen molar-refractivity contribution in [2.75, 3.05) is 18.9 Å². The van der Waals surface area contributed by atoms with Gasteiger partial charge >= 0.3 is 11.1 Å². The Hall–Kier alpha value is -3.40. The molecule has 0 radical (unpaired) electrons. The maximum atomic E-state index is 12.9. The molecule has 9 nitrogen and oxygen atoms in total. The third-order valence-corrected chi connectivity index (χ3v) is 7.42. The Bertz CT molecular complexity index is 1440. The van der Waals surface area contributed by atoms with Crippen molar-refractivity contribution in [3.63, 3.8) is 0 Å². The molecule has 3 aromatic rings. The molecule has 0 bridgehead atoms. The molecule has 0 N–H and O–H groups in total. The van der Waals surface area contributed by atoms with Gasteiger partial charge < -0.3 is 18.8 Å². The van der Waals surface area contributed by atoms with Crippen LogP contribution in [0.1, 0.15) is 12.0 Å². The number of rotatable bonds is 4. The normalized spacial score (nSPS) is 14.0. The van der Waals surface area contributed by atoms with Gasteiger partial charge in [-0.1, -0.05) is 18.2 Å². The quantitative estimate of drug-likeness (QED) is 0.537. The van der Waals surface area contributed by atoms with Crippen molar-refractivity contribution in [3.8, 4) is 5.75 Å². The van der Waals surface area contributed by atoms with Gasteiger partial charge in [0.1, 0.15) is 12.4 Å². The summed E-state index contributed by atoms with van der Waals surface area (Å²) in [7, 11) is -0.907. The molecule has 168 valence electrons. The van der Waals surface area contributed by atoms with Crippen LogP contribution in [0.15, 0.2) is 56.9 Å². The number of hydrogen-bond acceptors (Lipinski definition) is 6. The third kappa shape index (κ3) is 3.93. The fourth-order valence-corrected chi connectivity index (χ4v) is 5.04. The lowest BCUT2D eigenvalue weighted by molar-refractivity contribution is -0.131. The molecule has 0 unspecified atom stereocenters. The van der Waals surface area contributed by atoms with Gasteiger partial charge in [-0.3, -0.25) is 14.4 Å². The summed E-state index contributed by atoms with van der Waals surface area (Å²) in [6.45, 7) is 1.08. The van der Waals surface area contributed by atoms with Crippen LogP contribution in [0, 0.1) is 0 Å². The average Bonchev–Trinajstić information content (AvgIpc) is 3.02. The Morgan fingerprint density at radius 2 is 1.69 bits per heavy atom. The molecule has 10 heteroatoms. The summed E-state index contributed by atoms with van der Waals surface area (Å²) in [5.74, 6) is 0.0897. The second-order valence-corrected chi connectivity index (χ2v) is 9.83. The molecule has 2 heterocycles. The summed E-state index contributed by atoms with van der Waals surface area (Å²) >= 11 is 0. The van der Waals surface area contributed by atoms with E-state index in [4.69, 9.17) is 4.74 Å². The van der Waals surface area contributed by atoms with E-state index in [9.17, 15) is 22.8 Å². The number of nitrogens with zero attached hydrogens (tertiary/aromatic N) is 3. The number of sulfone groups is 1. The molecule has 0 saturated carbocycles. The van der Waals surface area contributed by atoms with Crippen LogP contribution >= 0.6 is 0 Å². The summed E-state index contributed by atoms with van der Waals surface area (Å²) in [5, 5.41) is 0. The monoisotopic (exact) mass is 457 g/mol. The molecular formula is C22H23N3O6S. The predicted molar refractivity (Wildman–Crippen MR) is 118 cm³/mol. The second kappa shape index (κ2) is 8.27. The molecule has 0 fully saturated rings. The van der Waals surface area contributed by atoms with E-state index >= 15 is 0 Å². The van der Waals surface area contributed by atoms with Crippen LogP contribution < -0.4 is 15.9 Å². The van der Waals surface area contributed by atoms with Gasteiger partial charge in [-0.15, -0.1) is 0 Å². The van der Waals surface area contributed by atoms with Gasteiger partial charge in [0, 0.05) is 32.6 Å². The Kier molecular flexibility index (Phi) is 5.64. The number of fused-ring (bicyclic) bond motifs is 2. The standard InChI is InChI=1S/C22H23N3O6S/c1-23-17-8-7-16(13-18(17)24(2)22(28)21(23)27)32(29,30)12-9-20(26)25-10-11-31-19-6-4-3-5-15(19)14-25/h3-8,13H,9-12,14H2,1-2H3. The van der Waals surface area contributed by atoms with Crippen molar-refractivity contribution in [2.24, 2.45) is 14.1 Å². The molecule has 1 aliphatic rings. The van der Waals surface area contributed by atoms with Gasteiger partial charge in [0.25, 0.3) is 0 Å². The summed E-state index contributed by atoms with van der Waals surface area (Å²) < 4.78 is 33.8. The van der Waals surface area contributed by atoms with E-state index in [1.807, 2.05) is 24.3 Å². The summed E-state index contributed by atoms with van der Waals surface area (Å²) in [5.41, 5.74) is 0.209. The predicted octanol–water partition coefficient (Wildman–Crippen LogP) is 0.822. The smallest absolute Gasteiger partial charge is 0.316 e. The highest BCUT2D eigenvalue weighted by Crippen LogP contribution is 2.23. The number of para-hydroxylation sites is 1. The molecular weight excluding hydrogens is 434 g/mol. The Balaban J connectivity index is 1.55. The van der Waals surface area contributed by atoms with Crippen molar-refractivity contribution in [1.82, 2.24) is 14.0 Å². The first-order chi connectivity index (χ1) is 15.2. The number of hydrogen-bond donors (Lipinski definition) is 0. The number of carbonyl (C=O) groups excluding carboxylic acids is 1. The number of ether oxygens (including phenoxy) is 1. The molecule has 1 aliphatic heterocycles. The zero-order valence-electron chi connectivity index (χ0n) is 17.8. The van der Waals surface area contributed by atoms with Gasteiger partial charge in [0.05, 0.1) is 28.2 Å². The Labute approximate surface area is 184 Å². The van der Waals surface area contributed by atoms with Gasteiger partial charge in [-0.2, -0.15) is 0 Å². The Morgan fingerprint density at radius 3 is 2.44 bits per heavy atom. The van der Waals surface area contributed by atoms with Gasteiger partial charge in [0.2, 0.25) is 5.91 Å². The van der Waals surface area contributed by atoms with Gasteiger partial charge in [0.15, 0.2) is 9.84 Å². The molecule has 32 heavy (non-hydrogen) atoms. The topological polar surface area (TPSA) is 108 Å². The first-order valence-corrected chi connectivity index (χ1v) is 11.8. The van der Waals surface area contributed by atoms with Crippen LogP contribution in [0.25, 0.3) is 11.0 Å². The highest BCUT2D eigenvalue weighted by Gasteiger charge is 2.23. The fourth-order valence-electron chi connectivity index (χ4n) is 3.79. The number of carbonyl (C=O) groups is 1. The van der Waals surface area contributed by atoms with E-state index in [1.165, 1.54) is 36.9 Å². The highest BCUT2D eigenvalue weighted by molar-refractivity contribution is 7.91. The minimum atomic E-state index is -3.79. The first-order valence-electron chi connectivity index (χ1n) is 10.1. The van der Waals surface area contributed by atoms with Gasteiger partial charge in [-0.25, -0.2) is 8.42 Å². The molecule has 2 aromatic carbocycles. The lowest BCUT2D eigenvalue weighted by Crippen LogP contribution is -2.39. The van der Waals surface area contributed by atoms with E-state index in [-0.39, 0.29) is 23.0 Å². The SMILES string of the molecule is Cn1c(=O)c(=O)n(C)c2cc(S(=O)(=O)CCC(=O)N3CCOc4ccccc4C3)ccc21. The second-order valence-electron chi connectivity index (χ2n) is 7.72. The maximum Gasteiger partial charge on any atom is 0.316 e. The largest absolute Gasteiger partial charge is 0.491 e. The van der Waals surface area contributed by atoms with Crippen LogP contribution in [0.2, 0.25) is 0 Å². The molecule has 0 aliphatic carbocycles. The number of aryl methyl sites for hydroxylation is 2. The Morgan fingerprint density at radius 1 is 1.00 bits per heavy atom. The van der Waals surface area contributed by atoms with E-state index in [0.29, 0.717) is 30.7 Å². The average molecular weight is 458 g/mol. The maximum absolute atomic E-state index is 12.9. The first kappa shape index (κ1) is 21.8. The van der Waals surface area contributed by atoms with E-state index in [2.05, 4.69) is 0 Å². The minimum Gasteiger partial charge on any atom is -0.491 e. The molecule has 0 saturated heterocycles. The van der Waals surface area contributed by atoms with Crippen LogP contribution in [-0.4, -0.2) is 47.3 Å². The van der Waals surface area contributed by atoms with E-state index < -0.39 is 21.0 Å². The molecule has 0 atom stereocenters. The summed E-state index contributed by atoms with van der Waals surface area (Å²) in [4.78, 5) is 38.4. The lowest BCUT2D eigenvalue weighted by Gasteiger charge is -2.20. The minimum absolute atomic E-state index is 0.00371. The van der Waals surface area contributed by atoms with Crippen LogP contribution in [-0.2, 0) is 35.3 Å². The number of benzene rings is 2. The summed E-state index contributed by atoms with van der Waals surface area (Å²) in [6.07, 6.45) is -0.172. The highest BCUT2D eigenvalue weighted by atomic mass is 32.2. The van der Waals surface area contributed by atoms with E-state index in [0.717, 1.165) is 15.9 Å². The number of amides is 1. The number of aromatic nitrogens is 2. The van der Waals surface area contributed by atoms with Crippen molar-refractivity contribution in [1.29, 1.82) is 0 Å². The molecule has 1 aromatic heterocycles. The van der Waals surface area contributed by atoms with Crippen molar-refractivity contribution in [3.05, 3.63) is 68.7 Å².